The van der Waals surface area contributed by atoms with E-state index in [0.29, 0.717) is 19.3 Å². The van der Waals surface area contributed by atoms with Gasteiger partial charge in [0.1, 0.15) is 13.2 Å². The zero-order chi connectivity index (χ0) is 57.1. The molecular weight excluding hydrogens is 973 g/mol. The first-order valence-corrected chi connectivity index (χ1v) is 32.7. The molecule has 0 aromatic carbocycles. The molecule has 79 heavy (non-hydrogen) atoms. The molecule has 0 amide bonds. The van der Waals surface area contributed by atoms with E-state index in [1.807, 2.05) is 0 Å². The number of ether oxygens (including phenoxy) is 3. The fourth-order valence-electron chi connectivity index (χ4n) is 8.79. The first-order chi connectivity index (χ1) is 39.0. The average Bonchev–Trinajstić information content (AvgIpc) is 3.45. The van der Waals surface area contributed by atoms with Gasteiger partial charge in [0.05, 0.1) is 0 Å². The SMILES string of the molecule is CC/C=C\C/C=C\C/C=C\C/C=C\C/C=C\CCCCCCCCCCCC(=O)OCC(COC(=O)CCCCCCC/C=C\C/C=C\CCC)OC(=O)CCCCCCCCCCCC/C=C\C/C=C\C/C=C\C/C=C\CC. The van der Waals surface area contributed by atoms with Gasteiger partial charge in [-0.2, -0.15) is 0 Å². The molecule has 0 aliphatic rings. The molecular formula is C73H120O6. The van der Waals surface area contributed by atoms with Crippen molar-refractivity contribution in [3.8, 4) is 0 Å². The summed E-state index contributed by atoms with van der Waals surface area (Å²) in [7, 11) is 0. The highest BCUT2D eigenvalue weighted by atomic mass is 16.6. The highest BCUT2D eigenvalue weighted by Gasteiger charge is 2.19. The smallest absolute Gasteiger partial charge is 0.306 e. The Morgan fingerprint density at radius 3 is 0.772 bits per heavy atom. The van der Waals surface area contributed by atoms with Gasteiger partial charge in [-0.15, -0.1) is 0 Å². The molecule has 0 bridgehead atoms. The Morgan fingerprint density at radius 1 is 0.266 bits per heavy atom. The molecule has 0 radical (unpaired) electrons. The number of unbranched alkanes of at least 4 members (excludes halogenated alkanes) is 25. The molecule has 6 nitrogen and oxygen atoms in total. The van der Waals surface area contributed by atoms with Crippen LogP contribution in [0.25, 0.3) is 0 Å². The molecule has 0 fully saturated rings. The second-order valence-electron chi connectivity index (χ2n) is 21.3. The van der Waals surface area contributed by atoms with Gasteiger partial charge in [0.25, 0.3) is 0 Å². The lowest BCUT2D eigenvalue weighted by Gasteiger charge is -2.18. The predicted molar refractivity (Wildman–Crippen MR) is 343 cm³/mol. The monoisotopic (exact) mass is 1090 g/mol. The standard InChI is InChI=1S/C73H120O6/c1-4-7-10-13-16-19-22-25-27-29-31-33-35-36-38-39-41-43-45-48-51-54-57-60-63-66-72(75)78-69-70(68-77-71(74)65-62-59-56-53-50-47-24-21-18-15-12-9-6-3)79-73(76)67-64-61-58-55-52-49-46-44-42-40-37-34-32-30-28-26-23-20-17-14-11-8-5-2/h7-8,10-12,15-17,19-21,24-28,31-34,36,38,70H,4-6,9,13-14,18,22-23,29-30,35,37,39-69H2,1-3H3/b10-7-,11-8-,15-12-,19-16-,20-17-,24-21-,27-25-,28-26-,33-31-,34-32-,38-36-. The minimum Gasteiger partial charge on any atom is -0.462 e. The van der Waals surface area contributed by atoms with Crippen LogP contribution in [0.1, 0.15) is 290 Å². The topological polar surface area (TPSA) is 78.9 Å². The van der Waals surface area contributed by atoms with E-state index in [2.05, 4.69) is 154 Å². The summed E-state index contributed by atoms with van der Waals surface area (Å²) in [6.45, 7) is 6.34. The average molecular weight is 1090 g/mol. The molecule has 0 saturated heterocycles. The summed E-state index contributed by atoms with van der Waals surface area (Å²) in [5.41, 5.74) is 0. The summed E-state index contributed by atoms with van der Waals surface area (Å²) < 4.78 is 16.9. The summed E-state index contributed by atoms with van der Waals surface area (Å²) >= 11 is 0. The molecule has 0 aromatic rings. The molecule has 6 heteroatoms. The molecule has 0 N–H and O–H groups in total. The van der Waals surface area contributed by atoms with Crippen molar-refractivity contribution >= 4 is 17.9 Å². The third-order valence-corrected chi connectivity index (χ3v) is 13.6. The van der Waals surface area contributed by atoms with Gasteiger partial charge in [-0.25, -0.2) is 0 Å². The summed E-state index contributed by atoms with van der Waals surface area (Å²) in [5, 5.41) is 0. The third-order valence-electron chi connectivity index (χ3n) is 13.6. The van der Waals surface area contributed by atoms with Crippen molar-refractivity contribution in [1.82, 2.24) is 0 Å². The molecule has 0 rings (SSSR count). The van der Waals surface area contributed by atoms with Gasteiger partial charge >= 0.3 is 17.9 Å². The number of hydrogen-bond donors (Lipinski definition) is 0. The second-order valence-corrected chi connectivity index (χ2v) is 21.3. The van der Waals surface area contributed by atoms with E-state index in [0.717, 1.165) is 154 Å². The lowest BCUT2D eigenvalue weighted by atomic mass is 10.0. The molecule has 0 aliphatic heterocycles. The predicted octanol–water partition coefficient (Wildman–Crippen LogP) is 22.5. The van der Waals surface area contributed by atoms with Gasteiger partial charge in [-0.1, -0.05) is 276 Å². The molecule has 1 atom stereocenters. The highest BCUT2D eigenvalue weighted by molar-refractivity contribution is 5.71. The number of carbonyl (C=O) groups is 3. The molecule has 0 spiro atoms. The van der Waals surface area contributed by atoms with E-state index in [9.17, 15) is 14.4 Å². The molecule has 0 aromatic heterocycles. The largest absolute Gasteiger partial charge is 0.462 e. The fraction of sp³-hybridized carbons (Fsp3) is 0.658. The van der Waals surface area contributed by atoms with Gasteiger partial charge in [-0.05, 0) is 128 Å². The highest BCUT2D eigenvalue weighted by Crippen LogP contribution is 2.16. The number of rotatable bonds is 58. The molecule has 448 valence electrons. The summed E-state index contributed by atoms with van der Waals surface area (Å²) in [4.78, 5) is 38.4. The van der Waals surface area contributed by atoms with Crippen LogP contribution in [0.5, 0.6) is 0 Å². The first kappa shape index (κ1) is 74.5. The van der Waals surface area contributed by atoms with E-state index >= 15 is 0 Å². The molecule has 0 aliphatic carbocycles. The number of esters is 3. The van der Waals surface area contributed by atoms with Crippen LogP contribution >= 0.6 is 0 Å². The van der Waals surface area contributed by atoms with Gasteiger partial charge in [0.2, 0.25) is 0 Å². The van der Waals surface area contributed by atoms with Gasteiger partial charge in [-0.3, -0.25) is 14.4 Å². The quantitative estimate of drug-likeness (QED) is 0.0261. The van der Waals surface area contributed by atoms with Crippen molar-refractivity contribution in [3.05, 3.63) is 134 Å². The summed E-state index contributed by atoms with van der Waals surface area (Å²) in [6.07, 6.45) is 93.1. The summed E-state index contributed by atoms with van der Waals surface area (Å²) in [6, 6.07) is 0. The van der Waals surface area contributed by atoms with Gasteiger partial charge in [0.15, 0.2) is 6.10 Å². The Balaban J connectivity index is 4.36. The summed E-state index contributed by atoms with van der Waals surface area (Å²) in [5.74, 6) is -0.911. The van der Waals surface area contributed by atoms with Crippen LogP contribution < -0.4 is 0 Å². The van der Waals surface area contributed by atoms with E-state index in [1.54, 1.807) is 0 Å². The van der Waals surface area contributed by atoms with Gasteiger partial charge in [0, 0.05) is 19.3 Å². The number of hydrogen-bond acceptors (Lipinski definition) is 6. The lowest BCUT2D eigenvalue weighted by molar-refractivity contribution is -0.167. The van der Waals surface area contributed by atoms with Crippen LogP contribution in [-0.2, 0) is 28.6 Å². The Kier molecular flexibility index (Phi) is 62.3. The fourth-order valence-corrected chi connectivity index (χ4v) is 8.79. The Bertz CT molecular complexity index is 1680. The van der Waals surface area contributed by atoms with Gasteiger partial charge < -0.3 is 14.2 Å². The van der Waals surface area contributed by atoms with Crippen LogP contribution in [0.15, 0.2) is 134 Å². The number of allylic oxidation sites excluding steroid dienone is 22. The van der Waals surface area contributed by atoms with Crippen LogP contribution in [0, 0.1) is 0 Å². The first-order valence-electron chi connectivity index (χ1n) is 32.7. The van der Waals surface area contributed by atoms with Crippen molar-refractivity contribution in [2.45, 2.75) is 297 Å². The maximum atomic E-state index is 12.9. The second kappa shape index (κ2) is 66.1. The zero-order valence-corrected chi connectivity index (χ0v) is 51.3. The minimum atomic E-state index is -0.795. The van der Waals surface area contributed by atoms with E-state index < -0.39 is 6.10 Å². The maximum Gasteiger partial charge on any atom is 0.306 e. The number of carbonyl (C=O) groups excluding carboxylic acids is 3. The van der Waals surface area contributed by atoms with Crippen molar-refractivity contribution in [2.24, 2.45) is 0 Å². The van der Waals surface area contributed by atoms with Crippen molar-refractivity contribution in [2.75, 3.05) is 13.2 Å². The Morgan fingerprint density at radius 2 is 0.494 bits per heavy atom. The van der Waals surface area contributed by atoms with E-state index in [4.69, 9.17) is 14.2 Å². The Labute approximate surface area is 487 Å². The van der Waals surface area contributed by atoms with Crippen molar-refractivity contribution in [3.63, 3.8) is 0 Å². The van der Waals surface area contributed by atoms with Crippen molar-refractivity contribution in [1.29, 1.82) is 0 Å². The molecule has 1 unspecified atom stereocenters. The van der Waals surface area contributed by atoms with Crippen LogP contribution in [-0.4, -0.2) is 37.2 Å². The van der Waals surface area contributed by atoms with E-state index in [-0.39, 0.29) is 31.1 Å². The van der Waals surface area contributed by atoms with Crippen LogP contribution in [0.4, 0.5) is 0 Å². The lowest BCUT2D eigenvalue weighted by Crippen LogP contribution is -2.30. The normalized spacial score (nSPS) is 13.0. The minimum absolute atomic E-state index is 0.0904. The zero-order valence-electron chi connectivity index (χ0n) is 51.3. The molecule has 0 saturated carbocycles. The Hall–Kier alpha value is -4.45. The van der Waals surface area contributed by atoms with Crippen LogP contribution in [0.3, 0.4) is 0 Å². The van der Waals surface area contributed by atoms with Crippen molar-refractivity contribution < 1.29 is 28.6 Å². The molecule has 0 heterocycles. The third kappa shape index (κ3) is 64.3. The van der Waals surface area contributed by atoms with Crippen LogP contribution in [0.2, 0.25) is 0 Å². The van der Waals surface area contributed by atoms with E-state index in [1.165, 1.54) is 96.3 Å². The maximum absolute atomic E-state index is 12.9.